The second kappa shape index (κ2) is 8.82. The van der Waals surface area contributed by atoms with E-state index in [0.29, 0.717) is 6.07 Å². The molecular weight excluding hydrogens is 439 g/mol. The topological polar surface area (TPSA) is 70.4 Å². The van der Waals surface area contributed by atoms with Gasteiger partial charge in [-0.3, -0.25) is 4.79 Å². The van der Waals surface area contributed by atoms with Gasteiger partial charge in [-0.05, 0) is 26.0 Å². The summed E-state index contributed by atoms with van der Waals surface area (Å²) in [5.74, 6) is -4.54. The zero-order valence-electron chi connectivity index (χ0n) is 15.5. The average molecular weight is 453 g/mol. The van der Waals surface area contributed by atoms with Gasteiger partial charge in [-0.2, -0.15) is 22.5 Å². The Bertz CT molecular complexity index is 1050. The predicted molar refractivity (Wildman–Crippen MR) is 96.0 cm³/mol. The largest absolute Gasteiger partial charge is 0.460 e. The van der Waals surface area contributed by atoms with Crippen molar-refractivity contribution in [3.63, 3.8) is 0 Å². The van der Waals surface area contributed by atoms with E-state index in [4.69, 9.17) is 21.1 Å². The van der Waals surface area contributed by atoms with Crippen molar-refractivity contribution in [2.45, 2.75) is 26.1 Å². The molecule has 0 fully saturated rings. The number of alkyl halides is 3. The SMILES string of the molecule is C=CCOc1nc(C(F)(F)F)c(F)c(=O)n1-c1cc(C(=O)OC(C)C)c(Cl)cc1F. The van der Waals surface area contributed by atoms with Crippen molar-refractivity contribution in [2.75, 3.05) is 6.61 Å². The van der Waals surface area contributed by atoms with Crippen LogP contribution in [0, 0.1) is 11.6 Å². The number of nitrogens with zero attached hydrogens (tertiary/aromatic N) is 2. The van der Waals surface area contributed by atoms with Gasteiger partial charge in [0.15, 0.2) is 5.69 Å². The van der Waals surface area contributed by atoms with Gasteiger partial charge in [0.1, 0.15) is 12.4 Å². The highest BCUT2D eigenvalue weighted by Gasteiger charge is 2.40. The molecule has 0 radical (unpaired) electrons. The molecule has 0 atom stereocenters. The number of hydrogen-bond donors (Lipinski definition) is 0. The van der Waals surface area contributed by atoms with Crippen molar-refractivity contribution in [3.05, 3.63) is 63.1 Å². The number of carbonyl (C=O) groups excluding carboxylic acids is 1. The van der Waals surface area contributed by atoms with Crippen molar-refractivity contribution < 1.29 is 36.2 Å². The summed E-state index contributed by atoms with van der Waals surface area (Å²) < 4.78 is 77.7. The van der Waals surface area contributed by atoms with Crippen LogP contribution in [-0.2, 0) is 10.9 Å². The van der Waals surface area contributed by atoms with Crippen molar-refractivity contribution in [3.8, 4) is 11.7 Å². The molecule has 12 heteroatoms. The molecule has 0 unspecified atom stereocenters. The third-order valence-corrected chi connectivity index (χ3v) is 3.75. The monoisotopic (exact) mass is 452 g/mol. The third kappa shape index (κ3) is 4.78. The zero-order valence-corrected chi connectivity index (χ0v) is 16.3. The van der Waals surface area contributed by atoms with E-state index in [0.717, 1.165) is 12.1 Å². The summed E-state index contributed by atoms with van der Waals surface area (Å²) in [6.45, 7) is 5.91. The van der Waals surface area contributed by atoms with Gasteiger partial charge in [0, 0.05) is 0 Å². The number of halogens is 6. The molecule has 1 aromatic heterocycles. The van der Waals surface area contributed by atoms with Crippen molar-refractivity contribution in [1.29, 1.82) is 0 Å². The average Bonchev–Trinajstić information content (AvgIpc) is 2.61. The Hall–Kier alpha value is -2.95. The Balaban J connectivity index is 2.82. The smallest absolute Gasteiger partial charge is 0.436 e. The summed E-state index contributed by atoms with van der Waals surface area (Å²) in [5, 5.41) is -0.399. The molecule has 0 amide bonds. The Labute approximate surface area is 171 Å². The summed E-state index contributed by atoms with van der Waals surface area (Å²) >= 11 is 5.84. The molecule has 30 heavy (non-hydrogen) atoms. The van der Waals surface area contributed by atoms with Crippen LogP contribution in [0.3, 0.4) is 0 Å². The first-order valence-corrected chi connectivity index (χ1v) is 8.60. The second-order valence-corrected chi connectivity index (χ2v) is 6.44. The van der Waals surface area contributed by atoms with Gasteiger partial charge in [-0.15, -0.1) is 0 Å². The Kier molecular flexibility index (Phi) is 6.86. The second-order valence-electron chi connectivity index (χ2n) is 6.03. The predicted octanol–water partition coefficient (Wildman–Crippen LogP) is 4.31. The lowest BCUT2D eigenvalue weighted by molar-refractivity contribution is -0.144. The molecule has 0 aliphatic carbocycles. The number of rotatable bonds is 6. The lowest BCUT2D eigenvalue weighted by Crippen LogP contribution is -2.30. The number of benzene rings is 1. The fourth-order valence-electron chi connectivity index (χ4n) is 2.25. The molecule has 0 aliphatic rings. The van der Waals surface area contributed by atoms with Crippen molar-refractivity contribution >= 4 is 17.6 Å². The molecule has 0 bridgehead atoms. The van der Waals surface area contributed by atoms with Gasteiger partial charge in [0.25, 0.3) is 5.56 Å². The van der Waals surface area contributed by atoms with Gasteiger partial charge < -0.3 is 9.47 Å². The number of hydrogen-bond acceptors (Lipinski definition) is 5. The highest BCUT2D eigenvalue weighted by molar-refractivity contribution is 6.33. The van der Waals surface area contributed by atoms with Gasteiger partial charge >= 0.3 is 18.2 Å². The lowest BCUT2D eigenvalue weighted by Gasteiger charge is -2.17. The first-order chi connectivity index (χ1) is 13.9. The van der Waals surface area contributed by atoms with E-state index in [-0.39, 0.29) is 4.57 Å². The van der Waals surface area contributed by atoms with Crippen LogP contribution in [0.5, 0.6) is 6.01 Å². The number of carbonyl (C=O) groups is 1. The maximum Gasteiger partial charge on any atom is 0.436 e. The normalized spacial score (nSPS) is 11.5. The Morgan fingerprint density at radius 2 is 1.97 bits per heavy atom. The standard InChI is InChI=1S/C18H14ClF5N2O4/c1-4-5-29-17-25-14(18(22,23)24)13(21)15(27)26(17)12-6-9(10(19)7-11(12)20)16(28)30-8(2)3/h4,6-8H,1,5H2,2-3H3. The molecule has 0 saturated heterocycles. The third-order valence-electron chi connectivity index (χ3n) is 3.44. The van der Waals surface area contributed by atoms with Gasteiger partial charge in [-0.25, -0.2) is 13.8 Å². The number of esters is 1. The molecule has 162 valence electrons. The van der Waals surface area contributed by atoms with Crippen molar-refractivity contribution in [1.82, 2.24) is 9.55 Å². The zero-order chi connectivity index (χ0) is 22.8. The van der Waals surface area contributed by atoms with E-state index in [2.05, 4.69) is 11.6 Å². The van der Waals surface area contributed by atoms with Crippen LogP contribution < -0.4 is 10.3 Å². The molecule has 0 saturated carbocycles. The van der Waals surface area contributed by atoms with Gasteiger partial charge in [-0.1, -0.05) is 24.3 Å². The minimum absolute atomic E-state index is 0.117. The molecule has 2 rings (SSSR count). The summed E-state index contributed by atoms with van der Waals surface area (Å²) in [6, 6.07) is 0.268. The number of aromatic nitrogens is 2. The van der Waals surface area contributed by atoms with Crippen LogP contribution in [0.25, 0.3) is 5.69 Å². The van der Waals surface area contributed by atoms with E-state index in [1.165, 1.54) is 13.8 Å². The Morgan fingerprint density at radius 1 is 1.33 bits per heavy atom. The molecule has 6 nitrogen and oxygen atoms in total. The first-order valence-electron chi connectivity index (χ1n) is 8.22. The van der Waals surface area contributed by atoms with Crippen LogP contribution in [0.15, 0.2) is 29.6 Å². The highest BCUT2D eigenvalue weighted by Crippen LogP contribution is 2.32. The van der Waals surface area contributed by atoms with E-state index >= 15 is 0 Å². The fraction of sp³-hybridized carbons (Fsp3) is 0.278. The molecule has 2 aromatic rings. The summed E-state index contributed by atoms with van der Waals surface area (Å²) in [6.07, 6.45) is -4.79. The van der Waals surface area contributed by atoms with Crippen LogP contribution in [0.1, 0.15) is 29.9 Å². The van der Waals surface area contributed by atoms with Crippen LogP contribution in [0.2, 0.25) is 5.02 Å². The minimum atomic E-state index is -5.32. The highest BCUT2D eigenvalue weighted by atomic mass is 35.5. The Morgan fingerprint density at radius 3 is 2.50 bits per heavy atom. The molecular formula is C18H14ClF5N2O4. The fourth-order valence-corrected chi connectivity index (χ4v) is 2.48. The van der Waals surface area contributed by atoms with Crippen LogP contribution >= 0.6 is 11.6 Å². The molecule has 0 spiro atoms. The van der Waals surface area contributed by atoms with E-state index in [9.17, 15) is 31.5 Å². The molecule has 0 N–H and O–H groups in total. The summed E-state index contributed by atoms with van der Waals surface area (Å²) in [7, 11) is 0. The molecule has 1 aromatic carbocycles. The quantitative estimate of drug-likeness (QED) is 0.371. The van der Waals surface area contributed by atoms with Gasteiger partial charge in [0.05, 0.1) is 22.4 Å². The number of ether oxygens (including phenoxy) is 2. The summed E-state index contributed by atoms with van der Waals surface area (Å²) in [5.41, 5.74) is -5.28. The molecule has 0 aliphatic heterocycles. The maximum atomic E-state index is 14.5. The van der Waals surface area contributed by atoms with E-state index in [1.54, 1.807) is 0 Å². The van der Waals surface area contributed by atoms with Crippen LogP contribution in [0.4, 0.5) is 22.0 Å². The summed E-state index contributed by atoms with van der Waals surface area (Å²) in [4.78, 5) is 27.5. The van der Waals surface area contributed by atoms with E-state index in [1.807, 2.05) is 0 Å². The maximum absolute atomic E-state index is 14.5. The van der Waals surface area contributed by atoms with Crippen LogP contribution in [-0.4, -0.2) is 28.2 Å². The lowest BCUT2D eigenvalue weighted by atomic mass is 10.2. The molecule has 1 heterocycles. The first kappa shape index (κ1) is 23.3. The minimum Gasteiger partial charge on any atom is -0.460 e. The van der Waals surface area contributed by atoms with Gasteiger partial charge in [0.2, 0.25) is 5.82 Å². The van der Waals surface area contributed by atoms with E-state index < -0.39 is 70.0 Å². The van der Waals surface area contributed by atoms with Crippen molar-refractivity contribution in [2.24, 2.45) is 0 Å².